The van der Waals surface area contributed by atoms with Crippen molar-refractivity contribution in [3.63, 3.8) is 0 Å². The fourth-order valence-electron chi connectivity index (χ4n) is 1.41. The summed E-state index contributed by atoms with van der Waals surface area (Å²) >= 11 is 0. The van der Waals surface area contributed by atoms with Crippen molar-refractivity contribution in [3.05, 3.63) is 11.8 Å². The van der Waals surface area contributed by atoms with Crippen LogP contribution >= 0.6 is 0 Å². The van der Waals surface area contributed by atoms with E-state index in [9.17, 15) is 0 Å². The summed E-state index contributed by atoms with van der Waals surface area (Å²) in [6.45, 7) is 6.97. The van der Waals surface area contributed by atoms with Gasteiger partial charge in [-0.05, 0) is 25.5 Å². The van der Waals surface area contributed by atoms with E-state index in [0.717, 1.165) is 0 Å². The van der Waals surface area contributed by atoms with Crippen LogP contribution in [0, 0.1) is 0 Å². The molecule has 1 aliphatic rings. The molecule has 0 radical (unpaired) electrons. The lowest BCUT2D eigenvalue weighted by Crippen LogP contribution is -2.14. The first-order chi connectivity index (χ1) is 4.86. The Morgan fingerprint density at radius 1 is 1.45 bits per heavy atom. The van der Waals surface area contributed by atoms with Gasteiger partial charge in [-0.15, -0.1) is 0 Å². The summed E-state index contributed by atoms with van der Waals surface area (Å²) < 4.78 is 0. The van der Waals surface area contributed by atoms with Crippen LogP contribution in [0.15, 0.2) is 11.8 Å². The molecule has 1 nitrogen and oxygen atoms in total. The van der Waals surface area contributed by atoms with Crippen LogP contribution in [0.25, 0.3) is 0 Å². The van der Waals surface area contributed by atoms with Gasteiger partial charge in [-0.2, -0.15) is 0 Å². The largest absolute Gasteiger partial charge is 0.377 e. The van der Waals surface area contributed by atoms with Crippen molar-refractivity contribution in [1.82, 2.24) is 4.90 Å². The van der Waals surface area contributed by atoms with Crippen molar-refractivity contribution in [2.75, 3.05) is 13.1 Å². The standard InChI is InChI=1S/C9H17N.FH/c1-3-6-10-7-5-9(4-2)8-10;/h8H,3-7H2,1-2H3;1H. The third-order valence-corrected chi connectivity index (χ3v) is 2.05. The van der Waals surface area contributed by atoms with Crippen molar-refractivity contribution in [3.8, 4) is 0 Å². The molecule has 0 aromatic heterocycles. The van der Waals surface area contributed by atoms with E-state index in [0.29, 0.717) is 0 Å². The Morgan fingerprint density at radius 3 is 2.64 bits per heavy atom. The smallest absolute Gasteiger partial charge is 0.0210 e. The first-order valence-corrected chi connectivity index (χ1v) is 4.30. The highest BCUT2D eigenvalue weighted by Gasteiger charge is 2.08. The van der Waals surface area contributed by atoms with Gasteiger partial charge in [0.2, 0.25) is 0 Å². The average Bonchev–Trinajstić information content (AvgIpc) is 2.37. The number of hydrogen-bond donors (Lipinski definition) is 0. The van der Waals surface area contributed by atoms with Crippen molar-refractivity contribution in [1.29, 1.82) is 0 Å². The van der Waals surface area contributed by atoms with Crippen LogP contribution in [0.3, 0.4) is 0 Å². The fourth-order valence-corrected chi connectivity index (χ4v) is 1.41. The van der Waals surface area contributed by atoms with Crippen LogP contribution in [0.1, 0.15) is 33.1 Å². The number of nitrogens with zero attached hydrogens (tertiary/aromatic N) is 1. The van der Waals surface area contributed by atoms with Crippen LogP contribution in [-0.4, -0.2) is 18.0 Å². The summed E-state index contributed by atoms with van der Waals surface area (Å²) in [7, 11) is 0. The lowest BCUT2D eigenvalue weighted by Gasteiger charge is -2.12. The third kappa shape index (κ3) is 2.91. The van der Waals surface area contributed by atoms with Crippen LogP contribution in [0.5, 0.6) is 0 Å². The van der Waals surface area contributed by atoms with E-state index >= 15 is 0 Å². The molecule has 0 N–H and O–H groups in total. The first kappa shape index (κ1) is 10.5. The number of halogens is 1. The van der Waals surface area contributed by atoms with Crippen LogP contribution in [0.4, 0.5) is 4.70 Å². The van der Waals surface area contributed by atoms with Gasteiger partial charge in [0.1, 0.15) is 0 Å². The summed E-state index contributed by atoms with van der Waals surface area (Å²) in [5, 5.41) is 0. The van der Waals surface area contributed by atoms with Gasteiger partial charge in [-0.1, -0.05) is 19.4 Å². The number of hydrogen-bond acceptors (Lipinski definition) is 1. The van der Waals surface area contributed by atoms with Crippen LogP contribution < -0.4 is 0 Å². The van der Waals surface area contributed by atoms with E-state index in [4.69, 9.17) is 0 Å². The summed E-state index contributed by atoms with van der Waals surface area (Å²) in [6.07, 6.45) is 6.15. The second-order valence-corrected chi connectivity index (χ2v) is 2.93. The summed E-state index contributed by atoms with van der Waals surface area (Å²) in [4.78, 5) is 2.43. The quantitative estimate of drug-likeness (QED) is 0.611. The Bertz CT molecular complexity index is 132. The second-order valence-electron chi connectivity index (χ2n) is 2.93. The molecule has 0 spiro atoms. The Labute approximate surface area is 68.5 Å². The van der Waals surface area contributed by atoms with Gasteiger partial charge in [0.25, 0.3) is 0 Å². The van der Waals surface area contributed by atoms with E-state index in [1.807, 2.05) is 0 Å². The molecule has 1 aliphatic heterocycles. The highest BCUT2D eigenvalue weighted by Crippen LogP contribution is 2.16. The summed E-state index contributed by atoms with van der Waals surface area (Å²) in [6, 6.07) is 0. The zero-order valence-electron chi connectivity index (χ0n) is 7.47. The SMILES string of the molecule is CCCN1C=C(CC)CC1.F. The fraction of sp³-hybridized carbons (Fsp3) is 0.778. The van der Waals surface area contributed by atoms with E-state index in [1.54, 1.807) is 5.57 Å². The van der Waals surface area contributed by atoms with Gasteiger partial charge in [-0.3, -0.25) is 4.70 Å². The molecular weight excluding hydrogens is 141 g/mol. The van der Waals surface area contributed by atoms with Crippen LogP contribution in [0.2, 0.25) is 0 Å². The van der Waals surface area contributed by atoms with Gasteiger partial charge in [-0.25, -0.2) is 0 Å². The van der Waals surface area contributed by atoms with Crippen LogP contribution in [-0.2, 0) is 0 Å². The Morgan fingerprint density at radius 2 is 2.18 bits per heavy atom. The third-order valence-electron chi connectivity index (χ3n) is 2.05. The van der Waals surface area contributed by atoms with Crippen molar-refractivity contribution in [2.24, 2.45) is 0 Å². The molecule has 0 fully saturated rings. The van der Waals surface area contributed by atoms with Crippen molar-refractivity contribution < 1.29 is 4.70 Å². The maximum absolute atomic E-state index is 2.43. The zero-order chi connectivity index (χ0) is 7.40. The number of rotatable bonds is 3. The molecular formula is C9H18FN. The lowest BCUT2D eigenvalue weighted by atomic mass is 10.2. The molecule has 0 atom stereocenters. The molecule has 1 heterocycles. The minimum absolute atomic E-state index is 0. The molecule has 1 rings (SSSR count). The maximum Gasteiger partial charge on any atom is 0.0210 e. The van der Waals surface area contributed by atoms with Crippen molar-refractivity contribution >= 4 is 0 Å². The molecule has 0 saturated carbocycles. The molecule has 0 bridgehead atoms. The monoisotopic (exact) mass is 159 g/mol. The molecule has 0 aliphatic carbocycles. The average molecular weight is 159 g/mol. The molecule has 66 valence electrons. The van der Waals surface area contributed by atoms with Gasteiger partial charge < -0.3 is 4.90 Å². The molecule has 11 heavy (non-hydrogen) atoms. The molecule has 0 saturated heterocycles. The predicted molar refractivity (Wildman–Crippen MR) is 47.4 cm³/mol. The molecule has 0 unspecified atom stereocenters. The summed E-state index contributed by atoms with van der Waals surface area (Å²) in [5.41, 5.74) is 1.62. The molecule has 0 aromatic carbocycles. The van der Waals surface area contributed by atoms with E-state index in [2.05, 4.69) is 24.9 Å². The molecule has 0 amide bonds. The predicted octanol–water partition coefficient (Wildman–Crippen LogP) is 2.55. The highest BCUT2D eigenvalue weighted by molar-refractivity contribution is 5.06. The maximum atomic E-state index is 2.43. The Kier molecular flexibility index (Phi) is 4.92. The van der Waals surface area contributed by atoms with E-state index in [1.165, 1.54) is 32.4 Å². The molecule has 2 heteroatoms. The first-order valence-electron chi connectivity index (χ1n) is 4.30. The van der Waals surface area contributed by atoms with Gasteiger partial charge in [0, 0.05) is 13.1 Å². The van der Waals surface area contributed by atoms with Gasteiger partial charge in [0.15, 0.2) is 0 Å². The normalized spacial score (nSPS) is 16.2. The zero-order valence-corrected chi connectivity index (χ0v) is 7.47. The lowest BCUT2D eigenvalue weighted by molar-refractivity contribution is 0.406. The second kappa shape index (κ2) is 5.16. The van der Waals surface area contributed by atoms with E-state index < -0.39 is 0 Å². The van der Waals surface area contributed by atoms with Gasteiger partial charge >= 0.3 is 0 Å². The topological polar surface area (TPSA) is 3.24 Å². The van der Waals surface area contributed by atoms with Gasteiger partial charge in [0.05, 0.1) is 0 Å². The summed E-state index contributed by atoms with van der Waals surface area (Å²) in [5.74, 6) is 0. The molecule has 0 aromatic rings. The van der Waals surface area contributed by atoms with E-state index in [-0.39, 0.29) is 4.70 Å². The highest BCUT2D eigenvalue weighted by atomic mass is 19.0. The minimum Gasteiger partial charge on any atom is -0.377 e. The Hall–Kier alpha value is -0.530. The minimum atomic E-state index is 0. The van der Waals surface area contributed by atoms with Crippen molar-refractivity contribution in [2.45, 2.75) is 33.1 Å². The Balaban J connectivity index is 0.000001000.